The lowest BCUT2D eigenvalue weighted by atomic mass is 9.92. The van der Waals surface area contributed by atoms with Crippen molar-refractivity contribution in [1.29, 1.82) is 0 Å². The van der Waals surface area contributed by atoms with E-state index in [1.54, 1.807) is 0 Å². The number of aromatic amines is 1. The van der Waals surface area contributed by atoms with E-state index in [0.717, 1.165) is 51.6 Å². The molecule has 4 aromatic rings. The van der Waals surface area contributed by atoms with Crippen LogP contribution in [0.4, 0.5) is 5.69 Å². The summed E-state index contributed by atoms with van der Waals surface area (Å²) in [5.74, 6) is 1.37. The Labute approximate surface area is 183 Å². The molecule has 1 heterocycles. The van der Waals surface area contributed by atoms with Crippen molar-refractivity contribution < 1.29 is 0 Å². The van der Waals surface area contributed by atoms with Crippen molar-refractivity contribution in [2.45, 2.75) is 13.3 Å². The molecule has 1 aliphatic rings. The number of H-pyrrole nitrogens is 1. The smallest absolute Gasteiger partial charge is 0.139 e. The molecule has 3 N–H and O–H groups in total. The van der Waals surface area contributed by atoms with E-state index in [0.29, 0.717) is 5.92 Å². The van der Waals surface area contributed by atoms with Crippen LogP contribution in [0.2, 0.25) is 0 Å². The summed E-state index contributed by atoms with van der Waals surface area (Å²) in [5.41, 5.74) is 14.6. The maximum Gasteiger partial charge on any atom is 0.139 e. The van der Waals surface area contributed by atoms with Gasteiger partial charge in [0.1, 0.15) is 5.82 Å². The second-order valence-corrected chi connectivity index (χ2v) is 8.10. The van der Waals surface area contributed by atoms with Crippen LogP contribution in [-0.4, -0.2) is 9.97 Å². The van der Waals surface area contributed by atoms with Crippen molar-refractivity contribution >= 4 is 11.3 Å². The monoisotopic (exact) mass is 403 g/mol. The lowest BCUT2D eigenvalue weighted by Crippen LogP contribution is -1.99. The summed E-state index contributed by atoms with van der Waals surface area (Å²) in [5, 5.41) is 0. The van der Waals surface area contributed by atoms with E-state index in [9.17, 15) is 0 Å². The molecule has 3 nitrogen and oxygen atoms in total. The molecule has 0 aliphatic heterocycles. The number of nitrogen functional groups attached to an aromatic ring is 1. The van der Waals surface area contributed by atoms with E-state index < -0.39 is 0 Å². The van der Waals surface area contributed by atoms with Crippen molar-refractivity contribution in [2.75, 3.05) is 5.73 Å². The maximum absolute atomic E-state index is 6.06. The highest BCUT2D eigenvalue weighted by Gasteiger charge is 2.20. The summed E-state index contributed by atoms with van der Waals surface area (Å²) in [7, 11) is 0. The number of rotatable bonds is 4. The number of nitrogens with one attached hydrogen (secondary N) is 1. The first-order chi connectivity index (χ1) is 15.2. The Morgan fingerprint density at radius 3 is 2.39 bits per heavy atom. The third-order valence-corrected chi connectivity index (χ3v) is 5.73. The quantitative estimate of drug-likeness (QED) is 0.361. The number of hydrogen-bond donors (Lipinski definition) is 2. The molecule has 0 radical (unpaired) electrons. The standard InChI is InChI=1S/C28H25N3/c1-19-9-7-13-22(17-19)27-26(20-10-3-2-4-11-20)30-28(31-27)25-16-6-5-15-24(25)21-12-8-14-23(29)18-21/h2-16,18-19H,17,29H2,1H3,(H,30,31). The Balaban J connectivity index is 1.69. The maximum atomic E-state index is 6.06. The number of hydrogen-bond acceptors (Lipinski definition) is 2. The molecule has 0 saturated carbocycles. The fraction of sp³-hybridized carbons (Fsp3) is 0.107. The number of imidazole rings is 1. The van der Waals surface area contributed by atoms with Crippen LogP contribution in [0, 0.1) is 5.92 Å². The zero-order valence-corrected chi connectivity index (χ0v) is 17.5. The van der Waals surface area contributed by atoms with Crippen LogP contribution in [-0.2, 0) is 0 Å². The predicted molar refractivity (Wildman–Crippen MR) is 130 cm³/mol. The first kappa shape index (κ1) is 19.1. The summed E-state index contributed by atoms with van der Waals surface area (Å²) in [4.78, 5) is 8.78. The number of benzene rings is 3. The summed E-state index contributed by atoms with van der Waals surface area (Å²) >= 11 is 0. The van der Waals surface area contributed by atoms with Crippen LogP contribution in [0.25, 0.3) is 39.3 Å². The lowest BCUT2D eigenvalue weighted by Gasteiger charge is -2.14. The molecule has 3 aromatic carbocycles. The van der Waals surface area contributed by atoms with Gasteiger partial charge in [-0.2, -0.15) is 0 Å². The Morgan fingerprint density at radius 1 is 0.871 bits per heavy atom. The van der Waals surface area contributed by atoms with Gasteiger partial charge in [0.05, 0.1) is 11.4 Å². The van der Waals surface area contributed by atoms with Crippen LogP contribution in [0.5, 0.6) is 0 Å². The highest BCUT2D eigenvalue weighted by Crippen LogP contribution is 2.37. The van der Waals surface area contributed by atoms with Gasteiger partial charge < -0.3 is 10.7 Å². The molecule has 0 amide bonds. The molecular weight excluding hydrogens is 378 g/mol. The number of anilines is 1. The zero-order valence-electron chi connectivity index (χ0n) is 17.5. The van der Waals surface area contributed by atoms with Gasteiger partial charge in [0.15, 0.2) is 0 Å². The first-order valence-corrected chi connectivity index (χ1v) is 10.7. The van der Waals surface area contributed by atoms with E-state index >= 15 is 0 Å². The molecule has 3 heteroatoms. The van der Waals surface area contributed by atoms with Gasteiger partial charge in [-0.15, -0.1) is 0 Å². The number of nitrogens with two attached hydrogens (primary N) is 1. The molecule has 152 valence electrons. The Bertz CT molecular complexity index is 1280. The fourth-order valence-electron chi connectivity index (χ4n) is 4.21. The topological polar surface area (TPSA) is 54.7 Å². The Kier molecular flexibility index (Phi) is 5.01. The first-order valence-electron chi connectivity index (χ1n) is 10.7. The van der Waals surface area contributed by atoms with Gasteiger partial charge in [-0.25, -0.2) is 4.98 Å². The molecule has 0 spiro atoms. The second-order valence-electron chi connectivity index (χ2n) is 8.10. The molecule has 31 heavy (non-hydrogen) atoms. The SMILES string of the molecule is CC1C=CC=C(c2nc(-c3ccccc3-c3cccc(N)c3)[nH]c2-c2ccccc2)C1. The van der Waals surface area contributed by atoms with Crippen LogP contribution in [0.3, 0.4) is 0 Å². The van der Waals surface area contributed by atoms with Gasteiger partial charge in [-0.3, -0.25) is 0 Å². The average molecular weight is 404 g/mol. The van der Waals surface area contributed by atoms with Crippen molar-refractivity contribution in [1.82, 2.24) is 9.97 Å². The van der Waals surface area contributed by atoms with Crippen LogP contribution in [0.1, 0.15) is 19.0 Å². The van der Waals surface area contributed by atoms with Gasteiger partial charge in [-0.1, -0.05) is 91.9 Å². The summed E-state index contributed by atoms with van der Waals surface area (Å²) in [6.45, 7) is 2.24. The van der Waals surface area contributed by atoms with Gasteiger partial charge in [0, 0.05) is 16.8 Å². The molecule has 1 unspecified atom stereocenters. The van der Waals surface area contributed by atoms with Crippen molar-refractivity contribution in [3.8, 4) is 33.8 Å². The lowest BCUT2D eigenvalue weighted by molar-refractivity contribution is 0.747. The number of aromatic nitrogens is 2. The third-order valence-electron chi connectivity index (χ3n) is 5.73. The van der Waals surface area contributed by atoms with Crippen LogP contribution < -0.4 is 5.73 Å². The third kappa shape index (κ3) is 3.82. The average Bonchev–Trinajstić information content (AvgIpc) is 3.25. The number of nitrogens with zero attached hydrogens (tertiary/aromatic N) is 1. The minimum Gasteiger partial charge on any atom is -0.399 e. The zero-order chi connectivity index (χ0) is 21.2. The summed E-state index contributed by atoms with van der Waals surface area (Å²) in [6, 6.07) is 26.8. The Morgan fingerprint density at radius 2 is 1.61 bits per heavy atom. The van der Waals surface area contributed by atoms with Gasteiger partial charge >= 0.3 is 0 Å². The summed E-state index contributed by atoms with van der Waals surface area (Å²) in [6.07, 6.45) is 7.56. The Hall–Kier alpha value is -3.85. The van der Waals surface area contributed by atoms with Crippen molar-refractivity contribution in [3.05, 3.63) is 103 Å². The minimum absolute atomic E-state index is 0.503. The van der Waals surface area contributed by atoms with Crippen molar-refractivity contribution in [2.24, 2.45) is 5.92 Å². The van der Waals surface area contributed by atoms with Gasteiger partial charge in [-0.05, 0) is 41.2 Å². The molecular formula is C28H25N3. The van der Waals surface area contributed by atoms with E-state index in [-0.39, 0.29) is 0 Å². The highest BCUT2D eigenvalue weighted by atomic mass is 14.9. The summed E-state index contributed by atoms with van der Waals surface area (Å²) < 4.78 is 0. The van der Waals surface area contributed by atoms with Crippen LogP contribution >= 0.6 is 0 Å². The normalized spacial score (nSPS) is 15.6. The molecule has 0 saturated heterocycles. The number of allylic oxidation sites excluding steroid dienone is 4. The largest absolute Gasteiger partial charge is 0.399 e. The van der Waals surface area contributed by atoms with E-state index in [1.807, 2.05) is 24.3 Å². The molecule has 1 aromatic heterocycles. The van der Waals surface area contributed by atoms with Crippen molar-refractivity contribution in [3.63, 3.8) is 0 Å². The van der Waals surface area contributed by atoms with E-state index in [4.69, 9.17) is 10.7 Å². The van der Waals surface area contributed by atoms with Gasteiger partial charge in [0.2, 0.25) is 0 Å². The fourth-order valence-corrected chi connectivity index (χ4v) is 4.21. The molecule has 1 atom stereocenters. The van der Waals surface area contributed by atoms with E-state index in [2.05, 4.69) is 84.7 Å². The second kappa shape index (κ2) is 8.11. The molecule has 0 bridgehead atoms. The molecule has 0 fully saturated rings. The van der Waals surface area contributed by atoms with Gasteiger partial charge in [0.25, 0.3) is 0 Å². The predicted octanol–water partition coefficient (Wildman–Crippen LogP) is 6.97. The van der Waals surface area contributed by atoms with Crippen LogP contribution in [0.15, 0.2) is 97.1 Å². The van der Waals surface area contributed by atoms with E-state index in [1.165, 1.54) is 5.57 Å². The molecule has 1 aliphatic carbocycles. The highest BCUT2D eigenvalue weighted by molar-refractivity contribution is 5.86. The minimum atomic E-state index is 0.503. The molecule has 5 rings (SSSR count).